The van der Waals surface area contributed by atoms with Gasteiger partial charge in [0.2, 0.25) is 0 Å². The number of halogens is 1. The number of carbonyl (C=O) groups excluding carboxylic acids is 1. The van der Waals surface area contributed by atoms with E-state index >= 15 is 0 Å². The van der Waals surface area contributed by atoms with E-state index < -0.39 is 6.03 Å². The zero-order valence-electron chi connectivity index (χ0n) is 10.7. The molecule has 0 spiro atoms. The summed E-state index contributed by atoms with van der Waals surface area (Å²) in [7, 11) is 0. The average Bonchev–Trinajstić information content (AvgIpc) is 2.83. The first-order valence-electron chi connectivity index (χ1n) is 6.41. The molecule has 0 bridgehead atoms. The first-order valence-corrected chi connectivity index (χ1v) is 6.41. The molecule has 2 amide bonds. The molecule has 0 aromatic heterocycles. The Hall–Kier alpha value is -1.58. The maximum absolute atomic E-state index is 13.5. The van der Waals surface area contributed by atoms with E-state index in [1.165, 1.54) is 23.8 Å². The highest BCUT2D eigenvalue weighted by Crippen LogP contribution is 2.29. The summed E-state index contributed by atoms with van der Waals surface area (Å²) in [6.45, 7) is 2.27. The van der Waals surface area contributed by atoms with E-state index in [0.29, 0.717) is 23.7 Å². The van der Waals surface area contributed by atoms with Crippen molar-refractivity contribution in [3.63, 3.8) is 0 Å². The second kappa shape index (κ2) is 5.38. The van der Waals surface area contributed by atoms with E-state index in [1.807, 2.05) is 0 Å². The number of rotatable bonds is 3. The van der Waals surface area contributed by atoms with Gasteiger partial charge in [0.1, 0.15) is 5.82 Å². The van der Waals surface area contributed by atoms with Gasteiger partial charge in [0.15, 0.2) is 0 Å². The van der Waals surface area contributed by atoms with Gasteiger partial charge in [0.25, 0.3) is 0 Å². The van der Waals surface area contributed by atoms with Crippen LogP contribution in [0.3, 0.4) is 0 Å². The molecule has 18 heavy (non-hydrogen) atoms. The summed E-state index contributed by atoms with van der Waals surface area (Å²) >= 11 is 0. The molecule has 0 aliphatic heterocycles. The third-order valence-electron chi connectivity index (χ3n) is 3.71. The van der Waals surface area contributed by atoms with Crippen molar-refractivity contribution in [1.82, 2.24) is 0 Å². The van der Waals surface area contributed by atoms with Gasteiger partial charge < -0.3 is 5.73 Å². The lowest BCUT2D eigenvalue weighted by Crippen LogP contribution is -2.39. The Bertz CT molecular complexity index is 441. The maximum Gasteiger partial charge on any atom is 0.319 e. The SMILES string of the molecule is Cc1c(F)cccc1N(CC1CCCC1)C(N)=O. The number of nitrogens with two attached hydrogens (primary N) is 1. The summed E-state index contributed by atoms with van der Waals surface area (Å²) in [5, 5.41) is 0. The van der Waals surface area contributed by atoms with Crippen LogP contribution in [0.4, 0.5) is 14.9 Å². The van der Waals surface area contributed by atoms with Crippen molar-refractivity contribution in [3.05, 3.63) is 29.6 Å². The molecule has 0 unspecified atom stereocenters. The number of hydrogen-bond donors (Lipinski definition) is 1. The predicted octanol–water partition coefficient (Wildman–Crippen LogP) is 3.21. The highest BCUT2D eigenvalue weighted by atomic mass is 19.1. The van der Waals surface area contributed by atoms with E-state index in [1.54, 1.807) is 19.1 Å². The molecule has 4 heteroatoms. The number of carbonyl (C=O) groups is 1. The van der Waals surface area contributed by atoms with Gasteiger partial charge in [-0.05, 0) is 37.8 Å². The number of amides is 2. The quantitative estimate of drug-likeness (QED) is 0.879. The van der Waals surface area contributed by atoms with Gasteiger partial charge in [0.05, 0.1) is 5.69 Å². The molecular weight excluding hydrogens is 231 g/mol. The maximum atomic E-state index is 13.5. The zero-order chi connectivity index (χ0) is 13.1. The predicted molar refractivity (Wildman–Crippen MR) is 70.0 cm³/mol. The van der Waals surface area contributed by atoms with E-state index in [4.69, 9.17) is 5.73 Å². The highest BCUT2D eigenvalue weighted by Gasteiger charge is 2.23. The van der Waals surface area contributed by atoms with Crippen LogP contribution in [0.2, 0.25) is 0 Å². The Labute approximate surface area is 107 Å². The molecule has 1 aliphatic rings. The molecule has 1 saturated carbocycles. The van der Waals surface area contributed by atoms with Crippen LogP contribution in [-0.4, -0.2) is 12.6 Å². The van der Waals surface area contributed by atoms with Crippen LogP contribution in [0.1, 0.15) is 31.2 Å². The normalized spacial score (nSPS) is 15.9. The minimum Gasteiger partial charge on any atom is -0.351 e. The van der Waals surface area contributed by atoms with Crippen molar-refractivity contribution in [2.45, 2.75) is 32.6 Å². The van der Waals surface area contributed by atoms with Crippen LogP contribution in [-0.2, 0) is 0 Å². The first kappa shape index (κ1) is 12.9. The van der Waals surface area contributed by atoms with Crippen molar-refractivity contribution < 1.29 is 9.18 Å². The van der Waals surface area contributed by atoms with E-state index in [0.717, 1.165) is 12.8 Å². The lowest BCUT2D eigenvalue weighted by molar-refractivity contribution is 0.252. The third-order valence-corrected chi connectivity index (χ3v) is 3.71. The lowest BCUT2D eigenvalue weighted by atomic mass is 10.1. The zero-order valence-corrected chi connectivity index (χ0v) is 10.7. The average molecular weight is 250 g/mol. The van der Waals surface area contributed by atoms with Gasteiger partial charge in [-0.15, -0.1) is 0 Å². The molecule has 0 atom stereocenters. The number of nitrogens with zero attached hydrogens (tertiary/aromatic N) is 1. The van der Waals surface area contributed by atoms with Gasteiger partial charge in [-0.2, -0.15) is 0 Å². The van der Waals surface area contributed by atoms with Crippen LogP contribution in [0.25, 0.3) is 0 Å². The summed E-state index contributed by atoms with van der Waals surface area (Å²) in [5.41, 5.74) is 6.50. The summed E-state index contributed by atoms with van der Waals surface area (Å²) in [6.07, 6.45) is 4.66. The van der Waals surface area contributed by atoms with Crippen LogP contribution in [0.5, 0.6) is 0 Å². The summed E-state index contributed by atoms with van der Waals surface area (Å²) < 4.78 is 13.5. The van der Waals surface area contributed by atoms with Crippen molar-refractivity contribution >= 4 is 11.7 Å². The highest BCUT2D eigenvalue weighted by molar-refractivity contribution is 5.91. The fraction of sp³-hybridized carbons (Fsp3) is 0.500. The Balaban J connectivity index is 2.23. The Morgan fingerprint density at radius 3 is 2.72 bits per heavy atom. The molecule has 1 aromatic carbocycles. The van der Waals surface area contributed by atoms with Crippen LogP contribution in [0, 0.1) is 18.7 Å². The molecule has 2 N–H and O–H groups in total. The minimum absolute atomic E-state index is 0.301. The van der Waals surface area contributed by atoms with Gasteiger partial charge in [-0.3, -0.25) is 4.90 Å². The van der Waals surface area contributed by atoms with Gasteiger partial charge in [-0.1, -0.05) is 18.9 Å². The van der Waals surface area contributed by atoms with E-state index in [9.17, 15) is 9.18 Å². The van der Waals surface area contributed by atoms with Crippen LogP contribution in [0.15, 0.2) is 18.2 Å². The molecule has 0 heterocycles. The van der Waals surface area contributed by atoms with Gasteiger partial charge in [-0.25, -0.2) is 9.18 Å². The monoisotopic (exact) mass is 250 g/mol. The van der Waals surface area contributed by atoms with Crippen molar-refractivity contribution in [2.24, 2.45) is 11.7 Å². The Kier molecular flexibility index (Phi) is 3.84. The van der Waals surface area contributed by atoms with E-state index in [-0.39, 0.29) is 5.82 Å². The molecule has 98 valence electrons. The molecule has 1 fully saturated rings. The van der Waals surface area contributed by atoms with Gasteiger partial charge >= 0.3 is 6.03 Å². The van der Waals surface area contributed by atoms with E-state index in [2.05, 4.69) is 0 Å². The second-order valence-corrected chi connectivity index (χ2v) is 4.98. The second-order valence-electron chi connectivity index (χ2n) is 4.98. The Morgan fingerprint density at radius 1 is 1.44 bits per heavy atom. The lowest BCUT2D eigenvalue weighted by Gasteiger charge is -2.25. The number of anilines is 1. The number of urea groups is 1. The number of hydrogen-bond acceptors (Lipinski definition) is 1. The fourth-order valence-electron chi connectivity index (χ4n) is 2.65. The molecule has 3 nitrogen and oxygen atoms in total. The van der Waals surface area contributed by atoms with Crippen LogP contribution >= 0.6 is 0 Å². The van der Waals surface area contributed by atoms with Crippen molar-refractivity contribution in [1.29, 1.82) is 0 Å². The fourth-order valence-corrected chi connectivity index (χ4v) is 2.65. The largest absolute Gasteiger partial charge is 0.351 e. The van der Waals surface area contributed by atoms with Crippen molar-refractivity contribution in [3.8, 4) is 0 Å². The summed E-state index contributed by atoms with van der Waals surface area (Å²) in [4.78, 5) is 13.1. The molecule has 1 aliphatic carbocycles. The number of primary amides is 1. The molecule has 0 radical (unpaired) electrons. The Morgan fingerprint density at radius 2 is 2.11 bits per heavy atom. The number of benzene rings is 1. The molecular formula is C14H19FN2O. The molecule has 0 saturated heterocycles. The van der Waals surface area contributed by atoms with Crippen molar-refractivity contribution in [2.75, 3.05) is 11.4 Å². The third kappa shape index (κ3) is 2.63. The topological polar surface area (TPSA) is 46.3 Å². The smallest absolute Gasteiger partial charge is 0.319 e. The molecule has 1 aromatic rings. The minimum atomic E-state index is -0.504. The summed E-state index contributed by atoms with van der Waals surface area (Å²) in [6, 6.07) is 4.25. The molecule has 2 rings (SSSR count). The summed E-state index contributed by atoms with van der Waals surface area (Å²) in [5.74, 6) is 0.185. The van der Waals surface area contributed by atoms with Gasteiger partial charge in [0, 0.05) is 12.1 Å². The first-order chi connectivity index (χ1) is 8.59. The van der Waals surface area contributed by atoms with Crippen LogP contribution < -0.4 is 10.6 Å². The standard InChI is InChI=1S/C14H19FN2O/c1-10-12(15)7-4-8-13(10)17(14(16)18)9-11-5-2-3-6-11/h4,7-8,11H,2-3,5-6,9H2,1H3,(H2,16,18).